The standard InChI is InChI=1S/C21H21FN2O4S/c22-15-5-2-1-4-13(15)10-19-21(26)24-16(12-29-19)20(25)23-14-6-7-17-18(11-14)28-9-3-8-27-17/h1-2,4-7,11,16,19H,3,8-10,12H2,(H,23,25)(H,24,26). The molecule has 2 amide bonds. The van der Waals surface area contributed by atoms with Crippen LogP contribution in [0.4, 0.5) is 10.1 Å². The van der Waals surface area contributed by atoms with Crippen LogP contribution in [0.3, 0.4) is 0 Å². The molecule has 29 heavy (non-hydrogen) atoms. The number of thioether (sulfide) groups is 1. The maximum Gasteiger partial charge on any atom is 0.247 e. The maximum absolute atomic E-state index is 13.8. The summed E-state index contributed by atoms with van der Waals surface area (Å²) in [5.41, 5.74) is 1.07. The van der Waals surface area contributed by atoms with E-state index in [2.05, 4.69) is 10.6 Å². The molecule has 4 rings (SSSR count). The number of hydrogen-bond acceptors (Lipinski definition) is 5. The minimum atomic E-state index is -0.652. The fraction of sp³-hybridized carbons (Fsp3) is 0.333. The number of ether oxygens (including phenoxy) is 2. The van der Waals surface area contributed by atoms with Crippen molar-refractivity contribution >= 4 is 29.3 Å². The van der Waals surface area contributed by atoms with Crippen LogP contribution in [0, 0.1) is 5.82 Å². The molecule has 0 spiro atoms. The number of anilines is 1. The van der Waals surface area contributed by atoms with Crippen LogP contribution in [-0.4, -0.2) is 42.1 Å². The minimum Gasteiger partial charge on any atom is -0.490 e. The number of hydrogen-bond donors (Lipinski definition) is 2. The van der Waals surface area contributed by atoms with E-state index in [1.54, 1.807) is 36.4 Å². The van der Waals surface area contributed by atoms with Crippen LogP contribution >= 0.6 is 11.8 Å². The van der Waals surface area contributed by atoms with Gasteiger partial charge in [-0.3, -0.25) is 9.59 Å². The van der Waals surface area contributed by atoms with Gasteiger partial charge in [0.25, 0.3) is 0 Å². The van der Waals surface area contributed by atoms with Gasteiger partial charge in [0.15, 0.2) is 11.5 Å². The molecule has 2 aliphatic heterocycles. The second-order valence-corrected chi connectivity index (χ2v) is 8.12. The van der Waals surface area contributed by atoms with Crippen LogP contribution in [0.5, 0.6) is 11.5 Å². The van der Waals surface area contributed by atoms with E-state index < -0.39 is 11.3 Å². The van der Waals surface area contributed by atoms with Gasteiger partial charge in [-0.1, -0.05) is 18.2 Å². The zero-order valence-corrected chi connectivity index (χ0v) is 16.5. The van der Waals surface area contributed by atoms with Crippen molar-refractivity contribution in [3.63, 3.8) is 0 Å². The molecule has 0 saturated carbocycles. The van der Waals surface area contributed by atoms with E-state index >= 15 is 0 Å². The van der Waals surface area contributed by atoms with Crippen LogP contribution in [0.15, 0.2) is 42.5 Å². The zero-order chi connectivity index (χ0) is 20.2. The van der Waals surface area contributed by atoms with Gasteiger partial charge in [0.2, 0.25) is 11.8 Å². The molecule has 2 aliphatic rings. The third-order valence-corrected chi connectivity index (χ3v) is 6.08. The third-order valence-electron chi connectivity index (χ3n) is 4.77. The van der Waals surface area contributed by atoms with Crippen molar-refractivity contribution in [3.8, 4) is 11.5 Å². The highest BCUT2D eigenvalue weighted by molar-refractivity contribution is 8.00. The molecule has 1 fully saturated rings. The molecule has 2 heterocycles. The number of fused-ring (bicyclic) bond motifs is 1. The molecule has 0 radical (unpaired) electrons. The minimum absolute atomic E-state index is 0.261. The number of benzene rings is 2. The van der Waals surface area contributed by atoms with Gasteiger partial charge >= 0.3 is 0 Å². The van der Waals surface area contributed by atoms with Crippen molar-refractivity contribution in [2.75, 3.05) is 24.3 Å². The van der Waals surface area contributed by atoms with Crippen molar-refractivity contribution in [1.29, 1.82) is 0 Å². The first-order chi connectivity index (χ1) is 14.1. The molecule has 8 heteroatoms. The molecular formula is C21H21FN2O4S. The van der Waals surface area contributed by atoms with E-state index in [9.17, 15) is 14.0 Å². The molecule has 2 unspecified atom stereocenters. The summed E-state index contributed by atoms with van der Waals surface area (Å²) in [6, 6.07) is 11.0. The Bertz CT molecular complexity index is 923. The van der Waals surface area contributed by atoms with E-state index in [0.29, 0.717) is 48.1 Å². The highest BCUT2D eigenvalue weighted by Crippen LogP contribution is 2.32. The summed E-state index contributed by atoms with van der Waals surface area (Å²) in [5.74, 6) is 0.773. The predicted octanol–water partition coefficient (Wildman–Crippen LogP) is 2.77. The summed E-state index contributed by atoms with van der Waals surface area (Å²) in [6.45, 7) is 1.15. The predicted molar refractivity (Wildman–Crippen MR) is 109 cm³/mol. The number of carbonyl (C=O) groups is 2. The maximum atomic E-state index is 13.8. The van der Waals surface area contributed by atoms with Gasteiger partial charge in [-0.25, -0.2) is 4.39 Å². The number of nitrogens with one attached hydrogen (secondary N) is 2. The van der Waals surface area contributed by atoms with E-state index in [1.165, 1.54) is 17.8 Å². The quantitative estimate of drug-likeness (QED) is 0.802. The third kappa shape index (κ3) is 4.64. The second-order valence-electron chi connectivity index (χ2n) is 6.88. The Morgan fingerprint density at radius 3 is 2.76 bits per heavy atom. The van der Waals surface area contributed by atoms with Crippen LogP contribution in [0.1, 0.15) is 12.0 Å². The van der Waals surface area contributed by atoms with Crippen molar-refractivity contribution in [1.82, 2.24) is 5.32 Å². The Balaban J connectivity index is 1.35. The van der Waals surface area contributed by atoms with Gasteiger partial charge < -0.3 is 20.1 Å². The van der Waals surface area contributed by atoms with E-state index in [0.717, 1.165) is 6.42 Å². The fourth-order valence-electron chi connectivity index (χ4n) is 3.22. The molecule has 2 aromatic carbocycles. The molecular weight excluding hydrogens is 395 g/mol. The smallest absolute Gasteiger partial charge is 0.247 e. The monoisotopic (exact) mass is 416 g/mol. The molecule has 6 nitrogen and oxygen atoms in total. The van der Waals surface area contributed by atoms with Crippen LogP contribution in [0.2, 0.25) is 0 Å². The first kappa shape index (κ1) is 19.6. The molecule has 2 N–H and O–H groups in total. The first-order valence-corrected chi connectivity index (χ1v) is 10.5. The lowest BCUT2D eigenvalue weighted by atomic mass is 10.1. The highest BCUT2D eigenvalue weighted by Gasteiger charge is 2.33. The van der Waals surface area contributed by atoms with Gasteiger partial charge in [-0.05, 0) is 30.2 Å². The zero-order valence-electron chi connectivity index (χ0n) is 15.7. The van der Waals surface area contributed by atoms with E-state index in [1.807, 2.05) is 0 Å². The van der Waals surface area contributed by atoms with Gasteiger partial charge in [-0.2, -0.15) is 0 Å². The molecule has 0 aliphatic carbocycles. The van der Waals surface area contributed by atoms with E-state index in [-0.39, 0.29) is 17.6 Å². The molecule has 0 bridgehead atoms. The molecule has 0 aromatic heterocycles. The molecule has 2 aromatic rings. The Morgan fingerprint density at radius 1 is 1.17 bits per heavy atom. The Kier molecular flexibility index (Phi) is 5.89. The summed E-state index contributed by atoms with van der Waals surface area (Å²) >= 11 is 1.36. The van der Waals surface area contributed by atoms with Crippen molar-refractivity contribution in [2.45, 2.75) is 24.1 Å². The number of amides is 2. The highest BCUT2D eigenvalue weighted by atomic mass is 32.2. The fourth-order valence-corrected chi connectivity index (χ4v) is 4.40. The SMILES string of the molecule is O=C(Nc1ccc2c(c1)OCCCO2)C1CSC(Cc2ccccc2F)C(=O)N1. The lowest BCUT2D eigenvalue weighted by molar-refractivity contribution is -0.126. The molecule has 2 atom stereocenters. The Labute approximate surface area is 172 Å². The van der Waals surface area contributed by atoms with Gasteiger partial charge in [0.05, 0.1) is 18.5 Å². The summed E-state index contributed by atoms with van der Waals surface area (Å²) in [6.07, 6.45) is 1.09. The van der Waals surface area contributed by atoms with Crippen LogP contribution < -0.4 is 20.1 Å². The van der Waals surface area contributed by atoms with E-state index in [4.69, 9.17) is 9.47 Å². The first-order valence-electron chi connectivity index (χ1n) is 9.46. The normalized spacial score (nSPS) is 21.1. The average Bonchev–Trinajstić information content (AvgIpc) is 2.96. The number of halogens is 1. The lowest BCUT2D eigenvalue weighted by Crippen LogP contribution is -2.52. The van der Waals surface area contributed by atoms with Crippen molar-refractivity contribution in [2.24, 2.45) is 0 Å². The van der Waals surface area contributed by atoms with Crippen LogP contribution in [-0.2, 0) is 16.0 Å². The summed E-state index contributed by atoms with van der Waals surface area (Å²) in [4.78, 5) is 25.0. The average molecular weight is 416 g/mol. The van der Waals surface area contributed by atoms with Crippen LogP contribution in [0.25, 0.3) is 0 Å². The number of carbonyl (C=O) groups excluding carboxylic acids is 2. The summed E-state index contributed by atoms with van der Waals surface area (Å²) in [5, 5.41) is 5.14. The van der Waals surface area contributed by atoms with Gasteiger partial charge in [0.1, 0.15) is 11.9 Å². The summed E-state index contributed by atoms with van der Waals surface area (Å²) in [7, 11) is 0. The molecule has 152 valence electrons. The largest absolute Gasteiger partial charge is 0.490 e. The molecule has 1 saturated heterocycles. The lowest BCUT2D eigenvalue weighted by Gasteiger charge is -2.28. The van der Waals surface area contributed by atoms with Gasteiger partial charge in [0, 0.05) is 23.9 Å². The summed E-state index contributed by atoms with van der Waals surface area (Å²) < 4.78 is 25.1. The van der Waals surface area contributed by atoms with Gasteiger partial charge in [-0.15, -0.1) is 11.8 Å². The topological polar surface area (TPSA) is 76.7 Å². The van der Waals surface area contributed by atoms with Crippen molar-refractivity contribution < 1.29 is 23.5 Å². The Hall–Kier alpha value is -2.74. The second kappa shape index (κ2) is 8.73. The van der Waals surface area contributed by atoms with Crippen molar-refractivity contribution in [3.05, 3.63) is 53.8 Å². The Morgan fingerprint density at radius 2 is 1.97 bits per heavy atom. The number of rotatable bonds is 4.